The second kappa shape index (κ2) is 6.86. The van der Waals surface area contributed by atoms with Gasteiger partial charge in [0, 0.05) is 6.20 Å². The third-order valence-corrected chi connectivity index (χ3v) is 3.31. The van der Waals surface area contributed by atoms with Crippen molar-refractivity contribution >= 4 is 27.7 Å². The lowest BCUT2D eigenvalue weighted by Crippen LogP contribution is -2.30. The number of amides is 1. The minimum Gasteiger partial charge on any atom is -0.481 e. The van der Waals surface area contributed by atoms with Crippen molar-refractivity contribution in [3.63, 3.8) is 0 Å². The Labute approximate surface area is 130 Å². The van der Waals surface area contributed by atoms with E-state index in [2.05, 4.69) is 26.2 Å². The first-order valence-electron chi connectivity index (χ1n) is 6.18. The molecule has 1 N–H and O–H groups in total. The van der Waals surface area contributed by atoms with E-state index in [9.17, 15) is 4.79 Å². The Morgan fingerprint density at radius 1 is 1.38 bits per heavy atom. The Balaban J connectivity index is 1.99. The predicted molar refractivity (Wildman–Crippen MR) is 81.8 cm³/mol. The van der Waals surface area contributed by atoms with Gasteiger partial charge in [0.15, 0.2) is 6.10 Å². The standard InChI is InChI=1S/C15H12BrN3O2/c1-10(21-12-6-4-11(9-17)5-7-12)15(20)19-14-13(16)3-2-8-18-14/h2-8,10H,1H3,(H,18,19,20). The highest BCUT2D eigenvalue weighted by atomic mass is 79.9. The lowest BCUT2D eigenvalue weighted by Gasteiger charge is -2.14. The number of rotatable bonds is 4. The van der Waals surface area contributed by atoms with Gasteiger partial charge in [-0.1, -0.05) is 0 Å². The first kappa shape index (κ1) is 15.0. The molecule has 0 spiro atoms. The first-order valence-corrected chi connectivity index (χ1v) is 6.97. The number of halogens is 1. The molecule has 5 nitrogen and oxygen atoms in total. The average molecular weight is 346 g/mol. The van der Waals surface area contributed by atoms with Gasteiger partial charge >= 0.3 is 0 Å². The zero-order valence-corrected chi connectivity index (χ0v) is 12.8. The molecule has 0 bridgehead atoms. The second-order valence-electron chi connectivity index (χ2n) is 4.22. The van der Waals surface area contributed by atoms with E-state index in [0.717, 1.165) is 0 Å². The zero-order chi connectivity index (χ0) is 15.2. The van der Waals surface area contributed by atoms with Gasteiger partial charge in [-0.25, -0.2) is 4.98 Å². The fraction of sp³-hybridized carbons (Fsp3) is 0.133. The summed E-state index contributed by atoms with van der Waals surface area (Å²) in [6.07, 6.45) is 0.902. The molecule has 1 aromatic heterocycles. The van der Waals surface area contributed by atoms with Gasteiger partial charge in [0.1, 0.15) is 11.6 Å². The molecule has 2 aromatic rings. The molecule has 0 aliphatic heterocycles. The highest BCUT2D eigenvalue weighted by Gasteiger charge is 2.16. The van der Waals surface area contributed by atoms with Crippen molar-refractivity contribution in [1.82, 2.24) is 4.98 Å². The molecule has 6 heteroatoms. The average Bonchev–Trinajstić information content (AvgIpc) is 2.50. The largest absolute Gasteiger partial charge is 0.481 e. The number of nitrogens with zero attached hydrogens (tertiary/aromatic N) is 2. The number of nitriles is 1. The van der Waals surface area contributed by atoms with Crippen LogP contribution in [0.25, 0.3) is 0 Å². The minimum absolute atomic E-state index is 0.307. The van der Waals surface area contributed by atoms with E-state index in [4.69, 9.17) is 10.00 Å². The van der Waals surface area contributed by atoms with Crippen LogP contribution in [0, 0.1) is 11.3 Å². The molecule has 106 valence electrons. The summed E-state index contributed by atoms with van der Waals surface area (Å²) in [4.78, 5) is 16.1. The van der Waals surface area contributed by atoms with Gasteiger partial charge in [0.25, 0.3) is 5.91 Å². The lowest BCUT2D eigenvalue weighted by atomic mass is 10.2. The van der Waals surface area contributed by atoms with Gasteiger partial charge in [0.05, 0.1) is 16.1 Å². The van der Waals surface area contributed by atoms with Crippen LogP contribution in [0.5, 0.6) is 5.75 Å². The van der Waals surface area contributed by atoms with Crippen molar-refractivity contribution in [2.45, 2.75) is 13.0 Å². The van der Waals surface area contributed by atoms with E-state index in [0.29, 0.717) is 21.6 Å². The normalized spacial score (nSPS) is 11.3. The summed E-state index contributed by atoms with van der Waals surface area (Å²) in [5.74, 6) is 0.660. The maximum atomic E-state index is 12.0. The van der Waals surface area contributed by atoms with Crippen molar-refractivity contribution in [2.75, 3.05) is 5.32 Å². The maximum absolute atomic E-state index is 12.0. The molecule has 0 aliphatic rings. The molecular weight excluding hydrogens is 334 g/mol. The van der Waals surface area contributed by atoms with Crippen molar-refractivity contribution in [3.8, 4) is 11.8 Å². The van der Waals surface area contributed by atoms with E-state index in [1.165, 1.54) is 0 Å². The summed E-state index contributed by atoms with van der Waals surface area (Å²) in [5, 5.41) is 11.4. The minimum atomic E-state index is -0.688. The van der Waals surface area contributed by atoms with Crippen LogP contribution < -0.4 is 10.1 Å². The number of aromatic nitrogens is 1. The third-order valence-electron chi connectivity index (χ3n) is 2.67. The molecular formula is C15H12BrN3O2. The SMILES string of the molecule is CC(Oc1ccc(C#N)cc1)C(=O)Nc1ncccc1Br. The van der Waals surface area contributed by atoms with Crippen LogP contribution in [0.15, 0.2) is 47.1 Å². The Morgan fingerprint density at radius 3 is 2.71 bits per heavy atom. The van der Waals surface area contributed by atoms with Crippen LogP contribution >= 0.6 is 15.9 Å². The van der Waals surface area contributed by atoms with Crippen LogP contribution in [-0.4, -0.2) is 17.0 Å². The van der Waals surface area contributed by atoms with E-state index < -0.39 is 6.10 Å². The molecule has 1 unspecified atom stereocenters. The monoisotopic (exact) mass is 345 g/mol. The van der Waals surface area contributed by atoms with E-state index in [1.54, 1.807) is 49.5 Å². The van der Waals surface area contributed by atoms with Crippen molar-refractivity contribution in [2.24, 2.45) is 0 Å². The molecule has 0 fully saturated rings. The number of benzene rings is 1. The third kappa shape index (κ3) is 4.04. The zero-order valence-electron chi connectivity index (χ0n) is 11.2. The van der Waals surface area contributed by atoms with Gasteiger partial charge in [0.2, 0.25) is 0 Å². The Kier molecular flexibility index (Phi) is 4.90. The highest BCUT2D eigenvalue weighted by Crippen LogP contribution is 2.19. The molecule has 1 aromatic carbocycles. The van der Waals surface area contributed by atoms with E-state index in [-0.39, 0.29) is 5.91 Å². The molecule has 2 rings (SSSR count). The van der Waals surface area contributed by atoms with Gasteiger partial charge in [-0.15, -0.1) is 0 Å². The molecule has 0 saturated carbocycles. The Morgan fingerprint density at radius 2 is 2.10 bits per heavy atom. The quantitative estimate of drug-likeness (QED) is 0.923. The number of anilines is 1. The second-order valence-corrected chi connectivity index (χ2v) is 5.07. The van der Waals surface area contributed by atoms with E-state index in [1.807, 2.05) is 6.07 Å². The van der Waals surface area contributed by atoms with Crippen LogP contribution in [0.4, 0.5) is 5.82 Å². The van der Waals surface area contributed by atoms with Crippen LogP contribution in [0.1, 0.15) is 12.5 Å². The fourth-order valence-electron chi connectivity index (χ4n) is 1.56. The molecule has 0 saturated heterocycles. The number of nitrogens with one attached hydrogen (secondary N) is 1. The van der Waals surface area contributed by atoms with Gasteiger partial charge < -0.3 is 10.1 Å². The molecule has 1 atom stereocenters. The number of hydrogen-bond acceptors (Lipinski definition) is 4. The maximum Gasteiger partial charge on any atom is 0.266 e. The summed E-state index contributed by atoms with van der Waals surface area (Å²) < 4.78 is 6.22. The molecule has 21 heavy (non-hydrogen) atoms. The topological polar surface area (TPSA) is 75.0 Å². The summed E-state index contributed by atoms with van der Waals surface area (Å²) in [5.41, 5.74) is 0.539. The van der Waals surface area contributed by atoms with Crippen molar-refractivity contribution in [1.29, 1.82) is 5.26 Å². The van der Waals surface area contributed by atoms with Crippen LogP contribution in [0.3, 0.4) is 0 Å². The Bertz CT molecular complexity index is 680. The van der Waals surface area contributed by atoms with Gasteiger partial charge in [-0.05, 0) is 59.3 Å². The smallest absolute Gasteiger partial charge is 0.266 e. The van der Waals surface area contributed by atoms with Crippen molar-refractivity contribution in [3.05, 3.63) is 52.6 Å². The summed E-state index contributed by atoms with van der Waals surface area (Å²) in [6, 6.07) is 12.1. The molecule has 0 aliphatic carbocycles. The fourth-order valence-corrected chi connectivity index (χ4v) is 1.92. The number of hydrogen-bond donors (Lipinski definition) is 1. The molecule has 1 amide bonds. The van der Waals surface area contributed by atoms with Gasteiger partial charge in [-0.2, -0.15) is 5.26 Å². The highest BCUT2D eigenvalue weighted by molar-refractivity contribution is 9.10. The molecule has 1 heterocycles. The number of carbonyl (C=O) groups excluding carboxylic acids is 1. The summed E-state index contributed by atoms with van der Waals surface area (Å²) in [6.45, 7) is 1.64. The van der Waals surface area contributed by atoms with Gasteiger partial charge in [-0.3, -0.25) is 4.79 Å². The van der Waals surface area contributed by atoms with Crippen LogP contribution in [-0.2, 0) is 4.79 Å². The number of pyridine rings is 1. The summed E-state index contributed by atoms with van der Waals surface area (Å²) in [7, 11) is 0. The first-order chi connectivity index (χ1) is 10.1. The van der Waals surface area contributed by atoms with Crippen LogP contribution in [0.2, 0.25) is 0 Å². The Hall–Kier alpha value is -2.39. The summed E-state index contributed by atoms with van der Waals surface area (Å²) >= 11 is 3.31. The number of carbonyl (C=O) groups is 1. The predicted octanol–water partition coefficient (Wildman–Crippen LogP) is 3.12. The van der Waals surface area contributed by atoms with Crippen molar-refractivity contribution < 1.29 is 9.53 Å². The lowest BCUT2D eigenvalue weighted by molar-refractivity contribution is -0.122. The number of ether oxygens (including phenoxy) is 1. The van der Waals surface area contributed by atoms with E-state index >= 15 is 0 Å². The molecule has 0 radical (unpaired) electrons.